The minimum absolute atomic E-state index is 0. The van der Waals surface area contributed by atoms with Crippen LogP contribution in [0.2, 0.25) is 0 Å². The van der Waals surface area contributed by atoms with E-state index in [0.29, 0.717) is 0 Å². The van der Waals surface area contributed by atoms with Crippen LogP contribution in [-0.2, 0) is 33.2 Å². The van der Waals surface area contributed by atoms with Gasteiger partial charge in [0.2, 0.25) is 0 Å². The van der Waals surface area contributed by atoms with Gasteiger partial charge in [0, 0.05) is 0 Å². The van der Waals surface area contributed by atoms with Crippen LogP contribution < -0.4 is 88.7 Å². The molecule has 7 nitrogen and oxygen atoms in total. The van der Waals surface area contributed by atoms with Crippen LogP contribution in [0.3, 0.4) is 0 Å². The van der Waals surface area contributed by atoms with Crippen LogP contribution >= 0.6 is 0 Å². The second kappa shape index (κ2) is 14.9. The van der Waals surface area contributed by atoms with Gasteiger partial charge in [0.25, 0.3) is 0 Å². The van der Waals surface area contributed by atoms with Crippen LogP contribution in [0.15, 0.2) is 0 Å². The molecule has 0 rings (SSSR count). The zero-order valence-electron chi connectivity index (χ0n) is 11.9. The SMILES string of the molecule is CC(N(C(C)S(=O)[O-])C(C)S(=O)[O-])S(=O)[O-].[Na+].[Na+].[Na+]. The van der Waals surface area contributed by atoms with Crippen LogP contribution in [-0.4, -0.2) is 47.3 Å². The van der Waals surface area contributed by atoms with Crippen LogP contribution in [0.1, 0.15) is 20.8 Å². The summed E-state index contributed by atoms with van der Waals surface area (Å²) in [7, 11) is 0. The van der Waals surface area contributed by atoms with Gasteiger partial charge in [-0.3, -0.25) is 17.5 Å². The van der Waals surface area contributed by atoms with Crippen molar-refractivity contribution in [1.82, 2.24) is 4.90 Å². The van der Waals surface area contributed by atoms with Crippen molar-refractivity contribution in [3.05, 3.63) is 0 Å². The van der Waals surface area contributed by atoms with Gasteiger partial charge in [0.05, 0.1) is 16.1 Å². The fourth-order valence-corrected chi connectivity index (χ4v) is 3.11. The van der Waals surface area contributed by atoms with Crippen LogP contribution in [0.5, 0.6) is 0 Å². The van der Waals surface area contributed by atoms with E-state index in [1.54, 1.807) is 0 Å². The summed E-state index contributed by atoms with van der Waals surface area (Å²) < 4.78 is 64.5. The van der Waals surface area contributed by atoms with Crippen molar-refractivity contribution < 1.29 is 115 Å². The van der Waals surface area contributed by atoms with Gasteiger partial charge in [0.15, 0.2) is 0 Å². The topological polar surface area (TPSA) is 124 Å². The molecule has 0 aromatic heterocycles. The van der Waals surface area contributed by atoms with E-state index in [1.165, 1.54) is 20.8 Å². The van der Waals surface area contributed by atoms with E-state index >= 15 is 0 Å². The maximum absolute atomic E-state index is 10.8. The zero-order valence-corrected chi connectivity index (χ0v) is 20.3. The van der Waals surface area contributed by atoms with Gasteiger partial charge in [-0.25, -0.2) is 0 Å². The molecular weight excluding hydrogens is 347 g/mol. The molecule has 6 unspecified atom stereocenters. The number of hydrogen-bond acceptors (Lipinski definition) is 7. The Labute approximate surface area is 187 Å². The molecule has 0 spiro atoms. The Balaban J connectivity index is -0.000000375. The molecule has 19 heavy (non-hydrogen) atoms. The molecule has 0 heterocycles. The summed E-state index contributed by atoms with van der Waals surface area (Å²) in [5.74, 6) is 0. The first-order valence-corrected chi connectivity index (χ1v) is 7.63. The summed E-state index contributed by atoms with van der Waals surface area (Å²) in [5.41, 5.74) is 0. The molecule has 0 aromatic rings. The molecule has 6 atom stereocenters. The molecule has 98 valence electrons. The van der Waals surface area contributed by atoms with Gasteiger partial charge in [-0.15, -0.1) is 0 Å². The molecule has 0 aliphatic carbocycles. The minimum Gasteiger partial charge on any atom is -0.771 e. The molecule has 0 aromatic carbocycles. The standard InChI is InChI=1S/C6H15NO6S3.3Na/c1-4(14(8)9)7(5(2)15(10)11)6(3)16(12)13;;;/h4-6H,1-3H3,(H,8,9)(H,10,11)(H,12,13);;;/q;3*+1/p-3. The Morgan fingerprint density at radius 2 is 0.842 bits per heavy atom. The van der Waals surface area contributed by atoms with Gasteiger partial charge in [-0.2, -0.15) is 0 Å². The first-order valence-electron chi connectivity index (χ1n) is 4.21. The van der Waals surface area contributed by atoms with Crippen LogP contribution in [0.25, 0.3) is 0 Å². The molecule has 0 N–H and O–H groups in total. The van der Waals surface area contributed by atoms with Crippen molar-refractivity contribution >= 4 is 33.2 Å². The monoisotopic (exact) mass is 359 g/mol. The maximum atomic E-state index is 10.8. The summed E-state index contributed by atoms with van der Waals surface area (Å²) in [6.45, 7) is 3.65. The molecule has 0 bridgehead atoms. The second-order valence-corrected chi connectivity index (χ2v) is 6.64. The average molecular weight is 359 g/mol. The van der Waals surface area contributed by atoms with Crippen molar-refractivity contribution in [3.8, 4) is 0 Å². The van der Waals surface area contributed by atoms with E-state index in [0.717, 1.165) is 4.90 Å². The van der Waals surface area contributed by atoms with Crippen LogP contribution in [0, 0.1) is 0 Å². The Morgan fingerprint density at radius 3 is 0.947 bits per heavy atom. The van der Waals surface area contributed by atoms with Gasteiger partial charge >= 0.3 is 88.7 Å². The molecular formula is C6H12NNa3O6S3. The Bertz CT molecular complexity index is 275. The summed E-state index contributed by atoms with van der Waals surface area (Å²) >= 11 is -7.76. The van der Waals surface area contributed by atoms with E-state index in [1.807, 2.05) is 0 Å². The molecule has 13 heteroatoms. The van der Waals surface area contributed by atoms with Crippen molar-refractivity contribution in [3.63, 3.8) is 0 Å². The van der Waals surface area contributed by atoms with Gasteiger partial charge in [-0.05, 0) is 54.0 Å². The number of nitrogens with zero attached hydrogens (tertiary/aromatic N) is 1. The predicted molar refractivity (Wildman–Crippen MR) is 57.0 cm³/mol. The molecule has 0 saturated heterocycles. The van der Waals surface area contributed by atoms with E-state index < -0.39 is 49.4 Å². The van der Waals surface area contributed by atoms with Crippen molar-refractivity contribution in [2.75, 3.05) is 0 Å². The third-order valence-corrected chi connectivity index (χ3v) is 4.50. The first-order chi connectivity index (χ1) is 7.20. The molecule has 0 aliphatic heterocycles. The number of hydrogen-bond donors (Lipinski definition) is 0. The molecule has 0 fully saturated rings. The normalized spacial score (nSPS) is 19.7. The largest absolute Gasteiger partial charge is 1.00 e. The van der Waals surface area contributed by atoms with Crippen LogP contribution in [0.4, 0.5) is 0 Å². The Hall–Kier alpha value is 3.29. The van der Waals surface area contributed by atoms with Crippen molar-refractivity contribution in [2.45, 2.75) is 36.9 Å². The summed E-state index contributed by atoms with van der Waals surface area (Å²) in [5, 5.41) is -3.62. The fourth-order valence-electron chi connectivity index (χ4n) is 1.19. The predicted octanol–water partition coefficient (Wildman–Crippen LogP) is -10.0. The zero-order chi connectivity index (χ0) is 13.0. The smallest absolute Gasteiger partial charge is 0.771 e. The van der Waals surface area contributed by atoms with E-state index in [4.69, 9.17) is 0 Å². The second-order valence-electron chi connectivity index (χ2n) is 3.03. The third-order valence-electron chi connectivity index (χ3n) is 2.10. The van der Waals surface area contributed by atoms with E-state index in [2.05, 4.69) is 0 Å². The summed E-state index contributed by atoms with van der Waals surface area (Å²) in [4.78, 5) is 0.884. The number of rotatable bonds is 6. The van der Waals surface area contributed by atoms with E-state index in [9.17, 15) is 26.3 Å². The maximum Gasteiger partial charge on any atom is 1.00 e. The van der Waals surface area contributed by atoms with Crippen molar-refractivity contribution in [1.29, 1.82) is 0 Å². The minimum atomic E-state index is -2.59. The first kappa shape index (κ1) is 30.2. The van der Waals surface area contributed by atoms with Gasteiger partial charge in [-0.1, -0.05) is 0 Å². The molecule has 0 radical (unpaired) electrons. The van der Waals surface area contributed by atoms with Crippen molar-refractivity contribution in [2.24, 2.45) is 0 Å². The molecule has 0 aliphatic rings. The van der Waals surface area contributed by atoms with Gasteiger partial charge in [0.1, 0.15) is 0 Å². The quantitative estimate of drug-likeness (QED) is 0.341. The van der Waals surface area contributed by atoms with E-state index in [-0.39, 0.29) is 88.7 Å². The fraction of sp³-hybridized carbons (Fsp3) is 1.00. The Kier molecular flexibility index (Phi) is 23.6. The van der Waals surface area contributed by atoms with Gasteiger partial charge < -0.3 is 13.7 Å². The molecule has 0 saturated carbocycles. The Morgan fingerprint density at radius 1 is 0.684 bits per heavy atom. The third kappa shape index (κ3) is 10.6. The summed E-state index contributed by atoms with van der Waals surface area (Å²) in [6, 6.07) is 0. The average Bonchev–Trinajstić information content (AvgIpc) is 2.16. The molecule has 0 amide bonds. The summed E-state index contributed by atoms with van der Waals surface area (Å²) in [6.07, 6.45) is 0.